The second-order valence-corrected chi connectivity index (χ2v) is 3.57. The minimum absolute atomic E-state index is 0. The summed E-state index contributed by atoms with van der Waals surface area (Å²) >= 11 is 1.34. The maximum absolute atomic E-state index is 10.6. The average molecular weight is 278 g/mol. The largest absolute Gasteiger partial charge is 0.476 e. The van der Waals surface area contributed by atoms with Crippen LogP contribution in [0.4, 0.5) is 0 Å². The van der Waals surface area contributed by atoms with Gasteiger partial charge < -0.3 is 5.11 Å². The Morgan fingerprint density at radius 3 is 2.31 bits per heavy atom. The number of carbonyl (C=O) groups is 1. The highest BCUT2D eigenvalue weighted by Gasteiger charge is 2.09. The highest BCUT2D eigenvalue weighted by Crippen LogP contribution is 2.22. The molecule has 1 aromatic heterocycles. The van der Waals surface area contributed by atoms with E-state index in [1.807, 2.05) is 30.3 Å². The van der Waals surface area contributed by atoms with Crippen molar-refractivity contribution in [3.63, 3.8) is 0 Å². The van der Waals surface area contributed by atoms with Crippen LogP contribution in [-0.4, -0.2) is 16.1 Å². The highest BCUT2D eigenvalue weighted by atomic mass is 35.5. The third kappa shape index (κ3) is 3.20. The Kier molecular flexibility index (Phi) is 6.03. The molecule has 1 aromatic carbocycles. The number of hydrogen-bond acceptors (Lipinski definition) is 3. The smallest absolute Gasteiger partial charge is 0.355 e. The van der Waals surface area contributed by atoms with Crippen molar-refractivity contribution >= 4 is 42.1 Å². The first-order valence-electron chi connectivity index (χ1n) is 4.01. The number of aromatic nitrogens is 1. The van der Waals surface area contributed by atoms with Crippen LogP contribution in [0.5, 0.6) is 0 Å². The first-order chi connectivity index (χ1) is 6.77. The van der Waals surface area contributed by atoms with Crippen LogP contribution in [0.1, 0.15) is 10.5 Å². The van der Waals surface area contributed by atoms with Crippen LogP contribution in [0.15, 0.2) is 35.7 Å². The zero-order valence-corrected chi connectivity index (χ0v) is 10.4. The molecule has 0 bridgehead atoms. The zero-order chi connectivity index (χ0) is 9.97. The number of thiazole rings is 1. The summed E-state index contributed by atoms with van der Waals surface area (Å²) in [4.78, 5) is 14.6. The lowest BCUT2D eigenvalue weighted by molar-refractivity contribution is 0.0691. The topological polar surface area (TPSA) is 50.2 Å². The van der Waals surface area contributed by atoms with Gasteiger partial charge in [-0.2, -0.15) is 0 Å². The van der Waals surface area contributed by atoms with E-state index < -0.39 is 5.97 Å². The number of carboxylic acids is 1. The van der Waals surface area contributed by atoms with Gasteiger partial charge in [-0.15, -0.1) is 36.2 Å². The quantitative estimate of drug-likeness (QED) is 0.916. The molecule has 1 N–H and O–H groups in total. The molecule has 0 saturated carbocycles. The fourth-order valence-electron chi connectivity index (χ4n) is 1.09. The summed E-state index contributed by atoms with van der Waals surface area (Å²) in [6.07, 6.45) is 0. The van der Waals surface area contributed by atoms with Crippen LogP contribution in [-0.2, 0) is 0 Å². The molecule has 0 unspecified atom stereocenters. The van der Waals surface area contributed by atoms with Crippen molar-refractivity contribution in [2.45, 2.75) is 0 Å². The molecule has 1 heterocycles. The Morgan fingerprint density at radius 1 is 1.19 bits per heavy atom. The molecule has 2 rings (SSSR count). The van der Waals surface area contributed by atoms with E-state index in [0.717, 1.165) is 10.6 Å². The fraction of sp³-hybridized carbons (Fsp3) is 0. The van der Waals surface area contributed by atoms with Gasteiger partial charge in [-0.1, -0.05) is 30.3 Å². The molecular weight excluding hydrogens is 269 g/mol. The van der Waals surface area contributed by atoms with E-state index in [-0.39, 0.29) is 30.5 Å². The van der Waals surface area contributed by atoms with E-state index in [9.17, 15) is 4.79 Å². The minimum atomic E-state index is -0.983. The Bertz CT molecular complexity index is 459. The Hall–Kier alpha value is -1.10. The molecule has 0 atom stereocenters. The van der Waals surface area contributed by atoms with Gasteiger partial charge in [-0.25, -0.2) is 9.78 Å². The summed E-state index contributed by atoms with van der Waals surface area (Å²) in [6.45, 7) is 0. The van der Waals surface area contributed by atoms with E-state index in [2.05, 4.69) is 4.98 Å². The Balaban J connectivity index is 0.00000112. The molecule has 0 aliphatic rings. The van der Waals surface area contributed by atoms with Gasteiger partial charge in [0.25, 0.3) is 0 Å². The highest BCUT2D eigenvalue weighted by molar-refractivity contribution is 7.13. The van der Waals surface area contributed by atoms with Gasteiger partial charge in [-0.3, -0.25) is 0 Å². The standard InChI is InChI=1S/C10H7NO2S.2ClH/c12-10(13)8-6-14-9(11-8)7-4-2-1-3-5-7;;/h1-6H,(H,12,13);2*1H. The summed E-state index contributed by atoms with van der Waals surface area (Å²) in [5.41, 5.74) is 1.05. The molecule has 0 fully saturated rings. The van der Waals surface area contributed by atoms with E-state index in [1.54, 1.807) is 5.38 Å². The maximum atomic E-state index is 10.6. The fourth-order valence-corrected chi connectivity index (χ4v) is 1.89. The minimum Gasteiger partial charge on any atom is -0.476 e. The molecule has 0 amide bonds. The van der Waals surface area contributed by atoms with Gasteiger partial charge in [0.2, 0.25) is 0 Å². The van der Waals surface area contributed by atoms with Crippen LogP contribution >= 0.6 is 36.2 Å². The number of rotatable bonds is 2. The molecule has 16 heavy (non-hydrogen) atoms. The van der Waals surface area contributed by atoms with Gasteiger partial charge in [0.15, 0.2) is 5.69 Å². The summed E-state index contributed by atoms with van der Waals surface area (Å²) in [5.74, 6) is -0.983. The molecule has 6 heteroatoms. The second kappa shape index (κ2) is 6.48. The van der Waals surface area contributed by atoms with E-state index in [4.69, 9.17) is 5.11 Å². The molecule has 86 valence electrons. The predicted molar refractivity (Wildman–Crippen MR) is 69.0 cm³/mol. The first kappa shape index (κ1) is 14.9. The number of carboxylic acid groups (broad SMARTS) is 1. The Labute approximate surface area is 109 Å². The molecule has 0 spiro atoms. The van der Waals surface area contributed by atoms with Gasteiger partial charge in [0.1, 0.15) is 5.01 Å². The number of nitrogens with zero attached hydrogens (tertiary/aromatic N) is 1. The van der Waals surface area contributed by atoms with Crippen molar-refractivity contribution in [3.05, 3.63) is 41.4 Å². The molecule has 0 aliphatic heterocycles. The first-order valence-corrected chi connectivity index (χ1v) is 4.89. The molecule has 0 aliphatic carbocycles. The molecule has 0 saturated heterocycles. The lowest BCUT2D eigenvalue weighted by Crippen LogP contribution is -1.95. The predicted octanol–water partition coefficient (Wildman–Crippen LogP) is 3.35. The maximum Gasteiger partial charge on any atom is 0.355 e. The van der Waals surface area contributed by atoms with Crippen LogP contribution in [0.2, 0.25) is 0 Å². The van der Waals surface area contributed by atoms with Gasteiger partial charge in [-0.05, 0) is 0 Å². The van der Waals surface area contributed by atoms with E-state index in [1.165, 1.54) is 11.3 Å². The molecule has 3 nitrogen and oxygen atoms in total. The normalized spacial score (nSPS) is 8.75. The summed E-state index contributed by atoms with van der Waals surface area (Å²) in [7, 11) is 0. The van der Waals surface area contributed by atoms with Gasteiger partial charge >= 0.3 is 5.97 Å². The van der Waals surface area contributed by atoms with Crippen molar-refractivity contribution in [3.8, 4) is 10.6 Å². The Morgan fingerprint density at radius 2 is 1.81 bits per heavy atom. The summed E-state index contributed by atoms with van der Waals surface area (Å²) in [5, 5.41) is 11.0. The van der Waals surface area contributed by atoms with E-state index >= 15 is 0 Å². The van der Waals surface area contributed by atoms with Crippen molar-refractivity contribution in [2.75, 3.05) is 0 Å². The lowest BCUT2D eigenvalue weighted by Gasteiger charge is -1.92. The van der Waals surface area contributed by atoms with Crippen molar-refractivity contribution in [1.82, 2.24) is 4.98 Å². The second-order valence-electron chi connectivity index (χ2n) is 2.71. The zero-order valence-electron chi connectivity index (χ0n) is 7.99. The van der Waals surface area contributed by atoms with Crippen molar-refractivity contribution < 1.29 is 9.90 Å². The van der Waals surface area contributed by atoms with Crippen LogP contribution in [0.3, 0.4) is 0 Å². The van der Waals surface area contributed by atoms with Gasteiger partial charge in [0.05, 0.1) is 0 Å². The lowest BCUT2D eigenvalue weighted by atomic mass is 10.2. The van der Waals surface area contributed by atoms with Crippen LogP contribution < -0.4 is 0 Å². The number of benzene rings is 1. The number of hydrogen-bond donors (Lipinski definition) is 1. The van der Waals surface area contributed by atoms with E-state index in [0.29, 0.717) is 0 Å². The third-order valence-corrected chi connectivity index (χ3v) is 2.64. The summed E-state index contributed by atoms with van der Waals surface area (Å²) in [6, 6.07) is 9.53. The number of halogens is 2. The van der Waals surface area contributed by atoms with Gasteiger partial charge in [0, 0.05) is 10.9 Å². The van der Waals surface area contributed by atoms with Crippen LogP contribution in [0, 0.1) is 0 Å². The third-order valence-electron chi connectivity index (χ3n) is 1.74. The summed E-state index contributed by atoms with van der Waals surface area (Å²) < 4.78 is 0. The molecular formula is C10H9Cl2NO2S. The average Bonchev–Trinajstić information content (AvgIpc) is 2.68. The molecule has 2 aromatic rings. The van der Waals surface area contributed by atoms with Crippen molar-refractivity contribution in [2.24, 2.45) is 0 Å². The van der Waals surface area contributed by atoms with Crippen molar-refractivity contribution in [1.29, 1.82) is 0 Å². The SMILES string of the molecule is Cl.Cl.O=C(O)c1csc(-c2ccccc2)n1. The monoisotopic (exact) mass is 277 g/mol. The molecule has 0 radical (unpaired) electrons. The number of aromatic carboxylic acids is 1. The van der Waals surface area contributed by atoms with Crippen LogP contribution in [0.25, 0.3) is 10.6 Å².